The first-order chi connectivity index (χ1) is 10.7. The predicted octanol–water partition coefficient (Wildman–Crippen LogP) is 1.06. The number of carbonyl (C=O) groups excluding carboxylic acids is 1. The molecule has 22 heavy (non-hydrogen) atoms. The molecular formula is C13H17N5O2S2. The third-order valence-electron chi connectivity index (χ3n) is 3.36. The third kappa shape index (κ3) is 3.11. The van der Waals surface area contributed by atoms with Crippen molar-refractivity contribution in [3.8, 4) is 10.7 Å². The van der Waals surface area contributed by atoms with Crippen LogP contribution >= 0.6 is 23.1 Å². The largest absolute Gasteiger partial charge is 0.378 e. The van der Waals surface area contributed by atoms with Crippen molar-refractivity contribution >= 4 is 29.0 Å². The number of hydrogen-bond acceptors (Lipinski definition) is 7. The molecule has 3 rings (SSSR count). The van der Waals surface area contributed by atoms with Gasteiger partial charge in [-0.3, -0.25) is 4.79 Å². The van der Waals surface area contributed by atoms with E-state index >= 15 is 0 Å². The lowest BCUT2D eigenvalue weighted by Crippen LogP contribution is -2.44. The topological polar surface area (TPSA) is 86.3 Å². The molecule has 0 aliphatic carbocycles. The number of carbonyl (C=O) groups is 1. The van der Waals surface area contributed by atoms with Gasteiger partial charge in [0.2, 0.25) is 11.1 Å². The zero-order valence-corrected chi connectivity index (χ0v) is 13.8. The molecule has 1 saturated heterocycles. The SMILES string of the molecule is CC(Sc1nnc(-c2cccs2)n1N)C(=O)N1CCOCC1. The number of thioether (sulfide) groups is 1. The minimum atomic E-state index is -0.263. The summed E-state index contributed by atoms with van der Waals surface area (Å²) in [4.78, 5) is 15.2. The summed E-state index contributed by atoms with van der Waals surface area (Å²) in [5, 5.41) is 10.5. The lowest BCUT2D eigenvalue weighted by molar-refractivity contribution is -0.134. The summed E-state index contributed by atoms with van der Waals surface area (Å²) >= 11 is 2.88. The second-order valence-electron chi connectivity index (χ2n) is 4.85. The van der Waals surface area contributed by atoms with Crippen LogP contribution in [-0.4, -0.2) is 57.2 Å². The van der Waals surface area contributed by atoms with Crippen LogP contribution in [-0.2, 0) is 9.53 Å². The van der Waals surface area contributed by atoms with Crippen LogP contribution in [0.25, 0.3) is 10.7 Å². The Kier molecular flexibility index (Phi) is 4.65. The van der Waals surface area contributed by atoms with Crippen LogP contribution in [0.4, 0.5) is 0 Å². The minimum absolute atomic E-state index is 0.0778. The van der Waals surface area contributed by atoms with Crippen LogP contribution in [0, 0.1) is 0 Å². The van der Waals surface area contributed by atoms with E-state index < -0.39 is 0 Å². The summed E-state index contributed by atoms with van der Waals surface area (Å²) in [6.07, 6.45) is 0. The van der Waals surface area contributed by atoms with E-state index in [1.807, 2.05) is 29.3 Å². The lowest BCUT2D eigenvalue weighted by atomic mass is 10.3. The molecule has 0 bridgehead atoms. The van der Waals surface area contributed by atoms with E-state index in [4.69, 9.17) is 10.6 Å². The highest BCUT2D eigenvalue weighted by molar-refractivity contribution is 8.00. The standard InChI is InChI=1S/C13H17N5O2S2/c1-9(12(19)17-4-6-20-7-5-17)22-13-16-15-11(18(13)14)10-3-2-8-21-10/h2-3,8-9H,4-7,14H2,1H3. The van der Waals surface area contributed by atoms with Gasteiger partial charge in [0.15, 0.2) is 5.82 Å². The fraction of sp³-hybridized carbons (Fsp3) is 0.462. The molecule has 0 saturated carbocycles. The summed E-state index contributed by atoms with van der Waals surface area (Å²) in [5.74, 6) is 6.75. The van der Waals surface area contributed by atoms with Gasteiger partial charge in [-0.2, -0.15) is 0 Å². The highest BCUT2D eigenvalue weighted by Crippen LogP contribution is 2.27. The molecule has 1 aliphatic rings. The Balaban J connectivity index is 1.69. The van der Waals surface area contributed by atoms with E-state index in [1.165, 1.54) is 16.4 Å². The van der Waals surface area contributed by atoms with Crippen molar-refractivity contribution in [3.63, 3.8) is 0 Å². The van der Waals surface area contributed by atoms with Crippen molar-refractivity contribution in [3.05, 3.63) is 17.5 Å². The summed E-state index contributed by atoms with van der Waals surface area (Å²) in [6.45, 7) is 4.33. The number of hydrogen-bond donors (Lipinski definition) is 1. The molecule has 1 aliphatic heterocycles. The van der Waals surface area contributed by atoms with E-state index in [1.54, 1.807) is 11.3 Å². The Morgan fingerprint density at radius 1 is 1.45 bits per heavy atom. The lowest BCUT2D eigenvalue weighted by Gasteiger charge is -2.28. The first-order valence-electron chi connectivity index (χ1n) is 6.94. The number of thiophene rings is 1. The smallest absolute Gasteiger partial charge is 0.236 e. The molecule has 9 heteroatoms. The van der Waals surface area contributed by atoms with Crippen molar-refractivity contribution < 1.29 is 9.53 Å². The highest BCUT2D eigenvalue weighted by atomic mass is 32.2. The Morgan fingerprint density at radius 2 is 2.23 bits per heavy atom. The molecule has 1 unspecified atom stereocenters. The summed E-state index contributed by atoms with van der Waals surface area (Å²) in [7, 11) is 0. The Morgan fingerprint density at radius 3 is 2.91 bits per heavy atom. The summed E-state index contributed by atoms with van der Waals surface area (Å²) in [5.41, 5.74) is 0. The van der Waals surface area contributed by atoms with Crippen molar-refractivity contribution in [1.29, 1.82) is 0 Å². The highest BCUT2D eigenvalue weighted by Gasteiger charge is 2.25. The normalized spacial score (nSPS) is 16.7. The molecule has 7 nitrogen and oxygen atoms in total. The molecule has 2 N–H and O–H groups in total. The van der Waals surface area contributed by atoms with Gasteiger partial charge in [0.05, 0.1) is 23.3 Å². The van der Waals surface area contributed by atoms with Crippen LogP contribution < -0.4 is 5.84 Å². The molecule has 2 aromatic rings. The quantitative estimate of drug-likeness (QED) is 0.662. The van der Waals surface area contributed by atoms with Crippen molar-refractivity contribution in [2.45, 2.75) is 17.3 Å². The number of amides is 1. The fourth-order valence-electron chi connectivity index (χ4n) is 2.18. The molecular weight excluding hydrogens is 322 g/mol. The molecule has 0 spiro atoms. The van der Waals surface area contributed by atoms with Gasteiger partial charge in [0.25, 0.3) is 0 Å². The molecule has 1 amide bonds. The number of nitrogen functional groups attached to an aromatic ring is 1. The van der Waals surface area contributed by atoms with Crippen molar-refractivity contribution in [2.75, 3.05) is 32.1 Å². The fourth-order valence-corrected chi connectivity index (χ4v) is 3.74. The second kappa shape index (κ2) is 6.67. The minimum Gasteiger partial charge on any atom is -0.378 e. The number of ether oxygens (including phenoxy) is 1. The molecule has 1 atom stereocenters. The second-order valence-corrected chi connectivity index (χ2v) is 7.11. The molecule has 0 radical (unpaired) electrons. The monoisotopic (exact) mass is 339 g/mol. The Labute approximate surface area is 136 Å². The number of rotatable bonds is 4. The summed E-state index contributed by atoms with van der Waals surface area (Å²) < 4.78 is 6.71. The predicted molar refractivity (Wildman–Crippen MR) is 86.2 cm³/mol. The zero-order chi connectivity index (χ0) is 15.5. The first-order valence-corrected chi connectivity index (χ1v) is 8.70. The van der Waals surface area contributed by atoms with Gasteiger partial charge >= 0.3 is 0 Å². The first kappa shape index (κ1) is 15.3. The maximum absolute atomic E-state index is 12.4. The van der Waals surface area contributed by atoms with E-state index in [-0.39, 0.29) is 11.2 Å². The van der Waals surface area contributed by atoms with Gasteiger partial charge in [-0.25, -0.2) is 4.68 Å². The van der Waals surface area contributed by atoms with Crippen LogP contribution in [0.15, 0.2) is 22.7 Å². The van der Waals surface area contributed by atoms with Crippen LogP contribution in [0.1, 0.15) is 6.92 Å². The van der Waals surface area contributed by atoms with Crippen LogP contribution in [0.5, 0.6) is 0 Å². The van der Waals surface area contributed by atoms with E-state index in [0.717, 1.165) is 4.88 Å². The van der Waals surface area contributed by atoms with E-state index in [2.05, 4.69) is 10.2 Å². The molecule has 0 aromatic carbocycles. The maximum atomic E-state index is 12.4. The number of aromatic nitrogens is 3. The average molecular weight is 339 g/mol. The van der Waals surface area contributed by atoms with Gasteiger partial charge in [-0.15, -0.1) is 21.5 Å². The molecule has 2 aromatic heterocycles. The van der Waals surface area contributed by atoms with E-state index in [9.17, 15) is 4.79 Å². The molecule has 3 heterocycles. The van der Waals surface area contributed by atoms with Gasteiger partial charge in [0.1, 0.15) is 0 Å². The van der Waals surface area contributed by atoms with Crippen molar-refractivity contribution in [2.24, 2.45) is 0 Å². The number of nitrogens with two attached hydrogens (primary N) is 1. The van der Waals surface area contributed by atoms with Crippen molar-refractivity contribution in [1.82, 2.24) is 19.8 Å². The summed E-state index contributed by atoms with van der Waals surface area (Å²) in [6, 6.07) is 3.88. The number of morpholine rings is 1. The Bertz CT molecular complexity index is 637. The van der Waals surface area contributed by atoms with Gasteiger partial charge in [-0.1, -0.05) is 17.8 Å². The van der Waals surface area contributed by atoms with Gasteiger partial charge < -0.3 is 15.5 Å². The van der Waals surface area contributed by atoms with Gasteiger partial charge in [-0.05, 0) is 18.4 Å². The third-order valence-corrected chi connectivity index (χ3v) is 5.27. The van der Waals surface area contributed by atoms with Crippen LogP contribution in [0.2, 0.25) is 0 Å². The van der Waals surface area contributed by atoms with Gasteiger partial charge in [0, 0.05) is 13.1 Å². The molecule has 1 fully saturated rings. The average Bonchev–Trinajstić information content (AvgIpc) is 3.18. The maximum Gasteiger partial charge on any atom is 0.236 e. The molecule has 118 valence electrons. The van der Waals surface area contributed by atoms with E-state index in [0.29, 0.717) is 37.3 Å². The number of nitrogens with zero attached hydrogens (tertiary/aromatic N) is 4. The zero-order valence-electron chi connectivity index (χ0n) is 12.1. The van der Waals surface area contributed by atoms with Crippen LogP contribution in [0.3, 0.4) is 0 Å². The Hall–Kier alpha value is -1.58.